The molecule has 1 atom stereocenters. The highest BCUT2D eigenvalue weighted by Gasteiger charge is 2.15. The zero-order valence-electron chi connectivity index (χ0n) is 16.9. The molecule has 0 bridgehead atoms. The van der Waals surface area contributed by atoms with E-state index in [9.17, 15) is 4.79 Å². The molecule has 0 fully saturated rings. The molecule has 0 aliphatic rings. The molecule has 0 radical (unpaired) electrons. The van der Waals surface area contributed by atoms with E-state index in [1.54, 1.807) is 4.68 Å². The first-order valence-corrected chi connectivity index (χ1v) is 10.2. The van der Waals surface area contributed by atoms with Gasteiger partial charge < -0.3 is 5.32 Å². The first kappa shape index (κ1) is 20.1. The molecule has 0 unspecified atom stereocenters. The normalized spacial score (nSPS) is 12.0. The third-order valence-corrected chi connectivity index (χ3v) is 5.68. The van der Waals surface area contributed by atoms with Crippen molar-refractivity contribution in [3.63, 3.8) is 0 Å². The molecule has 0 spiro atoms. The molecule has 0 aliphatic carbocycles. The van der Waals surface area contributed by atoms with Crippen LogP contribution in [0.1, 0.15) is 40.8 Å². The van der Waals surface area contributed by atoms with Crippen molar-refractivity contribution >= 4 is 17.7 Å². The number of aromatic nitrogens is 4. The summed E-state index contributed by atoms with van der Waals surface area (Å²) in [6.07, 6.45) is 0. The number of carbonyl (C=O) groups is 1. The minimum atomic E-state index is -0.0530. The molecule has 28 heavy (non-hydrogen) atoms. The number of tetrazole rings is 1. The lowest BCUT2D eigenvalue weighted by atomic mass is 10.0. The van der Waals surface area contributed by atoms with Crippen molar-refractivity contribution in [1.29, 1.82) is 0 Å². The number of aryl methyl sites for hydroxylation is 4. The van der Waals surface area contributed by atoms with Gasteiger partial charge in [0.25, 0.3) is 0 Å². The summed E-state index contributed by atoms with van der Waals surface area (Å²) in [6, 6.07) is 12.3. The van der Waals surface area contributed by atoms with Crippen LogP contribution in [0, 0.1) is 27.7 Å². The fourth-order valence-electron chi connectivity index (χ4n) is 2.99. The largest absolute Gasteiger partial charge is 0.349 e. The van der Waals surface area contributed by atoms with Gasteiger partial charge in [0.05, 0.1) is 17.5 Å². The van der Waals surface area contributed by atoms with Crippen molar-refractivity contribution in [2.75, 3.05) is 5.75 Å². The monoisotopic (exact) mass is 395 g/mol. The van der Waals surface area contributed by atoms with E-state index in [2.05, 4.69) is 59.0 Å². The van der Waals surface area contributed by atoms with Crippen LogP contribution in [-0.4, -0.2) is 31.9 Å². The summed E-state index contributed by atoms with van der Waals surface area (Å²) in [4.78, 5) is 12.4. The number of amides is 1. The van der Waals surface area contributed by atoms with Gasteiger partial charge in [0.15, 0.2) is 0 Å². The summed E-state index contributed by atoms with van der Waals surface area (Å²) in [5.41, 5.74) is 6.76. The van der Waals surface area contributed by atoms with Crippen LogP contribution in [0.25, 0.3) is 5.69 Å². The summed E-state index contributed by atoms with van der Waals surface area (Å²) in [6.45, 7) is 10.2. The molecule has 1 heterocycles. The van der Waals surface area contributed by atoms with E-state index in [1.807, 2.05) is 32.9 Å². The third kappa shape index (κ3) is 4.59. The molecule has 0 saturated heterocycles. The fourth-order valence-corrected chi connectivity index (χ4v) is 3.69. The average molecular weight is 396 g/mol. The molecule has 7 heteroatoms. The number of nitrogens with one attached hydrogen (secondary N) is 1. The average Bonchev–Trinajstić information content (AvgIpc) is 3.10. The SMILES string of the molecule is Cc1ccc(-n2nnnc2SCC(=O)N[C@@H](C)c2ccc(C)c(C)c2)c(C)c1. The van der Waals surface area contributed by atoms with Gasteiger partial charge in [-0.3, -0.25) is 4.79 Å². The summed E-state index contributed by atoms with van der Waals surface area (Å²) < 4.78 is 1.68. The molecular formula is C21H25N5OS. The highest BCUT2D eigenvalue weighted by Crippen LogP contribution is 2.22. The number of thioether (sulfide) groups is 1. The lowest BCUT2D eigenvalue weighted by molar-refractivity contribution is -0.119. The van der Waals surface area contributed by atoms with Gasteiger partial charge in [-0.15, -0.1) is 5.10 Å². The van der Waals surface area contributed by atoms with Crippen LogP contribution >= 0.6 is 11.8 Å². The van der Waals surface area contributed by atoms with Gasteiger partial charge in [0, 0.05) is 0 Å². The second-order valence-corrected chi connectivity index (χ2v) is 8.03. The Morgan fingerprint density at radius 2 is 1.86 bits per heavy atom. The summed E-state index contributed by atoms with van der Waals surface area (Å²) in [5, 5.41) is 15.6. The Morgan fingerprint density at radius 3 is 2.57 bits per heavy atom. The number of rotatable bonds is 6. The van der Waals surface area contributed by atoms with E-state index < -0.39 is 0 Å². The van der Waals surface area contributed by atoms with E-state index in [0.29, 0.717) is 5.16 Å². The predicted molar refractivity (Wildman–Crippen MR) is 112 cm³/mol. The molecule has 3 aromatic rings. The van der Waals surface area contributed by atoms with Crippen molar-refractivity contribution in [1.82, 2.24) is 25.5 Å². The maximum atomic E-state index is 12.4. The lowest BCUT2D eigenvalue weighted by Crippen LogP contribution is -2.28. The molecule has 3 rings (SSSR count). The van der Waals surface area contributed by atoms with Gasteiger partial charge in [0.2, 0.25) is 11.1 Å². The van der Waals surface area contributed by atoms with E-state index in [1.165, 1.54) is 28.5 Å². The van der Waals surface area contributed by atoms with Gasteiger partial charge in [-0.25, -0.2) is 0 Å². The molecule has 6 nitrogen and oxygen atoms in total. The minimum absolute atomic E-state index is 0.0501. The van der Waals surface area contributed by atoms with Crippen molar-refractivity contribution in [2.24, 2.45) is 0 Å². The van der Waals surface area contributed by atoms with Crippen molar-refractivity contribution < 1.29 is 4.79 Å². The first-order chi connectivity index (χ1) is 13.3. The van der Waals surface area contributed by atoms with Crippen molar-refractivity contribution in [3.8, 4) is 5.69 Å². The maximum absolute atomic E-state index is 12.4. The topological polar surface area (TPSA) is 72.7 Å². The van der Waals surface area contributed by atoms with Crippen LogP contribution in [0.5, 0.6) is 0 Å². The van der Waals surface area contributed by atoms with Crippen LogP contribution in [-0.2, 0) is 4.79 Å². The van der Waals surface area contributed by atoms with Gasteiger partial charge in [-0.1, -0.05) is 47.7 Å². The fraction of sp³-hybridized carbons (Fsp3) is 0.333. The van der Waals surface area contributed by atoms with Crippen LogP contribution in [0.15, 0.2) is 41.6 Å². The number of benzene rings is 2. The Labute approximate surface area is 169 Å². The van der Waals surface area contributed by atoms with E-state index in [0.717, 1.165) is 16.8 Å². The highest BCUT2D eigenvalue weighted by molar-refractivity contribution is 7.99. The van der Waals surface area contributed by atoms with Gasteiger partial charge in [-0.2, -0.15) is 4.68 Å². The van der Waals surface area contributed by atoms with Crippen LogP contribution < -0.4 is 5.32 Å². The maximum Gasteiger partial charge on any atom is 0.230 e. The molecule has 2 aromatic carbocycles. The second-order valence-electron chi connectivity index (χ2n) is 7.08. The van der Waals surface area contributed by atoms with Crippen molar-refractivity contribution in [2.45, 2.75) is 45.8 Å². The standard InChI is InChI=1S/C21H25N5OS/c1-13-6-9-19(16(4)10-13)26-21(23-24-25-26)28-12-20(27)22-17(5)18-8-7-14(2)15(3)11-18/h6-11,17H,12H2,1-5H3,(H,22,27)/t17-/m0/s1. The first-order valence-electron chi connectivity index (χ1n) is 9.20. The molecule has 0 aliphatic heterocycles. The Bertz CT molecular complexity index is 998. The van der Waals surface area contributed by atoms with Crippen molar-refractivity contribution in [3.05, 3.63) is 64.2 Å². The quantitative estimate of drug-likeness (QED) is 0.642. The molecule has 146 valence electrons. The zero-order valence-corrected chi connectivity index (χ0v) is 17.7. The predicted octanol–water partition coefficient (Wildman–Crippen LogP) is 3.87. The molecule has 1 N–H and O–H groups in total. The molecular weight excluding hydrogens is 370 g/mol. The Kier molecular flexibility index (Phi) is 6.14. The Balaban J connectivity index is 1.64. The second kappa shape index (κ2) is 8.56. The highest BCUT2D eigenvalue weighted by atomic mass is 32.2. The van der Waals surface area contributed by atoms with Gasteiger partial charge in [0.1, 0.15) is 0 Å². The molecule has 0 saturated carbocycles. The zero-order chi connectivity index (χ0) is 20.3. The van der Waals surface area contributed by atoms with Crippen LogP contribution in [0.2, 0.25) is 0 Å². The van der Waals surface area contributed by atoms with Crippen LogP contribution in [0.3, 0.4) is 0 Å². The summed E-state index contributed by atoms with van der Waals surface area (Å²) in [5.74, 6) is 0.200. The Morgan fingerprint density at radius 1 is 1.07 bits per heavy atom. The van der Waals surface area contributed by atoms with E-state index >= 15 is 0 Å². The Hall–Kier alpha value is -2.67. The minimum Gasteiger partial charge on any atom is -0.349 e. The smallest absolute Gasteiger partial charge is 0.230 e. The van der Waals surface area contributed by atoms with E-state index in [4.69, 9.17) is 0 Å². The van der Waals surface area contributed by atoms with Crippen LogP contribution in [0.4, 0.5) is 0 Å². The number of carbonyl (C=O) groups excluding carboxylic acids is 1. The molecule has 1 amide bonds. The number of hydrogen-bond donors (Lipinski definition) is 1. The number of nitrogens with zero attached hydrogens (tertiary/aromatic N) is 4. The van der Waals surface area contributed by atoms with Gasteiger partial charge >= 0.3 is 0 Å². The van der Waals surface area contributed by atoms with Gasteiger partial charge in [-0.05, 0) is 73.4 Å². The summed E-state index contributed by atoms with van der Waals surface area (Å²) in [7, 11) is 0. The third-order valence-electron chi connectivity index (χ3n) is 4.76. The lowest BCUT2D eigenvalue weighted by Gasteiger charge is -2.15. The van der Waals surface area contributed by atoms with E-state index in [-0.39, 0.29) is 17.7 Å². The molecule has 1 aromatic heterocycles. The number of hydrogen-bond acceptors (Lipinski definition) is 5. The summed E-state index contributed by atoms with van der Waals surface area (Å²) >= 11 is 1.33.